The summed E-state index contributed by atoms with van der Waals surface area (Å²) >= 11 is 1.71. The van der Waals surface area contributed by atoms with Crippen LogP contribution >= 0.6 is 11.3 Å². The van der Waals surface area contributed by atoms with Gasteiger partial charge in [0.05, 0.1) is 6.54 Å². The van der Waals surface area contributed by atoms with Gasteiger partial charge in [-0.1, -0.05) is 19.9 Å². The fraction of sp³-hybridized carbons (Fsp3) is 0.684. The fourth-order valence-electron chi connectivity index (χ4n) is 2.49. The Balaban J connectivity index is 2.53. The zero-order chi connectivity index (χ0) is 19.4. The predicted molar refractivity (Wildman–Crippen MR) is 112 cm³/mol. The molecule has 1 amide bonds. The van der Waals surface area contributed by atoms with E-state index in [1.165, 1.54) is 4.88 Å². The van der Waals surface area contributed by atoms with Gasteiger partial charge in [-0.2, -0.15) is 0 Å². The second-order valence-electron chi connectivity index (χ2n) is 6.60. The number of amides is 1. The molecule has 1 aromatic rings. The van der Waals surface area contributed by atoms with Crippen LogP contribution < -0.4 is 10.6 Å². The molecule has 0 radical (unpaired) electrons. The Labute approximate surface area is 162 Å². The molecule has 0 aliphatic heterocycles. The predicted octanol–water partition coefficient (Wildman–Crippen LogP) is 2.38. The zero-order valence-electron chi connectivity index (χ0n) is 16.9. The lowest BCUT2D eigenvalue weighted by Crippen LogP contribution is -2.43. The fourth-order valence-corrected chi connectivity index (χ4v) is 3.14. The maximum absolute atomic E-state index is 11.8. The molecule has 0 aliphatic rings. The first-order chi connectivity index (χ1) is 12.5. The van der Waals surface area contributed by atoms with Gasteiger partial charge >= 0.3 is 0 Å². The molecule has 148 valence electrons. The van der Waals surface area contributed by atoms with Crippen molar-refractivity contribution in [3.05, 3.63) is 22.4 Å². The second-order valence-corrected chi connectivity index (χ2v) is 7.63. The standard InChI is InChI=1S/C19H35N5OS/c1-6-24(7-2)12-8-10-16(3)22-19(21-15-18(25)23(4)5)20-14-17-11-9-13-26-17/h9,11,13,16H,6-8,10,12,14-15H2,1-5H3,(H2,20,21,22). The third kappa shape index (κ3) is 9.20. The molecule has 26 heavy (non-hydrogen) atoms. The van der Waals surface area contributed by atoms with Crippen molar-refractivity contribution >= 4 is 23.2 Å². The van der Waals surface area contributed by atoms with E-state index in [9.17, 15) is 4.79 Å². The van der Waals surface area contributed by atoms with Crippen LogP contribution in [0.5, 0.6) is 0 Å². The Hall–Kier alpha value is -1.60. The number of hydrogen-bond acceptors (Lipinski definition) is 4. The van der Waals surface area contributed by atoms with Crippen LogP contribution in [0.25, 0.3) is 0 Å². The van der Waals surface area contributed by atoms with E-state index in [2.05, 4.69) is 52.7 Å². The topological polar surface area (TPSA) is 60.0 Å². The van der Waals surface area contributed by atoms with Gasteiger partial charge in [-0.25, -0.2) is 4.99 Å². The third-order valence-electron chi connectivity index (χ3n) is 4.27. The summed E-state index contributed by atoms with van der Waals surface area (Å²) in [6, 6.07) is 4.43. The minimum absolute atomic E-state index is 0.00332. The van der Waals surface area contributed by atoms with E-state index in [4.69, 9.17) is 0 Å². The van der Waals surface area contributed by atoms with Gasteiger partial charge in [0.25, 0.3) is 0 Å². The molecule has 1 heterocycles. The molecule has 0 fully saturated rings. The monoisotopic (exact) mass is 381 g/mol. The van der Waals surface area contributed by atoms with Crippen LogP contribution in [0.3, 0.4) is 0 Å². The van der Waals surface area contributed by atoms with E-state index in [0.29, 0.717) is 18.5 Å². The lowest BCUT2D eigenvalue weighted by atomic mass is 10.2. The first-order valence-electron chi connectivity index (χ1n) is 9.45. The van der Waals surface area contributed by atoms with Gasteiger partial charge < -0.3 is 20.4 Å². The molecule has 0 saturated heterocycles. The van der Waals surface area contributed by atoms with Crippen molar-refractivity contribution in [2.24, 2.45) is 4.99 Å². The molecule has 0 aliphatic carbocycles. The number of nitrogens with one attached hydrogen (secondary N) is 2. The lowest BCUT2D eigenvalue weighted by molar-refractivity contribution is -0.127. The van der Waals surface area contributed by atoms with E-state index in [-0.39, 0.29) is 12.5 Å². The third-order valence-corrected chi connectivity index (χ3v) is 5.15. The van der Waals surface area contributed by atoms with Crippen LogP contribution in [-0.2, 0) is 11.3 Å². The average molecular weight is 382 g/mol. The second kappa shape index (κ2) is 12.7. The summed E-state index contributed by atoms with van der Waals surface area (Å²) in [6.45, 7) is 10.7. The van der Waals surface area contributed by atoms with Crippen LogP contribution in [0.15, 0.2) is 22.5 Å². The number of hydrogen-bond donors (Lipinski definition) is 2. The van der Waals surface area contributed by atoms with Crippen molar-refractivity contribution in [1.82, 2.24) is 20.4 Å². The smallest absolute Gasteiger partial charge is 0.243 e. The Morgan fingerprint density at radius 1 is 1.31 bits per heavy atom. The number of nitrogens with zero attached hydrogens (tertiary/aromatic N) is 3. The summed E-state index contributed by atoms with van der Waals surface area (Å²) in [4.78, 5) is 21.5. The van der Waals surface area contributed by atoms with E-state index >= 15 is 0 Å². The van der Waals surface area contributed by atoms with Crippen molar-refractivity contribution in [3.63, 3.8) is 0 Å². The molecule has 0 bridgehead atoms. The SMILES string of the molecule is CCN(CC)CCCC(C)NC(=NCC(=O)N(C)C)NCc1cccs1. The highest BCUT2D eigenvalue weighted by atomic mass is 32.1. The van der Waals surface area contributed by atoms with Gasteiger partial charge in [-0.3, -0.25) is 4.79 Å². The molecular formula is C19H35N5OS. The summed E-state index contributed by atoms with van der Waals surface area (Å²) < 4.78 is 0. The van der Waals surface area contributed by atoms with E-state index in [1.54, 1.807) is 30.3 Å². The molecule has 0 aromatic carbocycles. The molecule has 1 atom stereocenters. The van der Waals surface area contributed by atoms with Crippen molar-refractivity contribution in [3.8, 4) is 0 Å². The minimum Gasteiger partial charge on any atom is -0.354 e. The van der Waals surface area contributed by atoms with Crippen molar-refractivity contribution in [1.29, 1.82) is 0 Å². The van der Waals surface area contributed by atoms with Crippen LogP contribution in [0.1, 0.15) is 38.5 Å². The number of rotatable bonds is 11. The number of likely N-dealkylation sites (N-methyl/N-ethyl adjacent to an activating group) is 1. The molecule has 1 rings (SSSR count). The van der Waals surface area contributed by atoms with Crippen LogP contribution in [0, 0.1) is 0 Å². The molecule has 1 aromatic heterocycles. The quantitative estimate of drug-likeness (QED) is 0.456. The average Bonchev–Trinajstić information content (AvgIpc) is 3.14. The molecule has 0 spiro atoms. The number of thiophene rings is 1. The summed E-state index contributed by atoms with van der Waals surface area (Å²) in [5.74, 6) is 0.695. The molecule has 0 saturated carbocycles. The number of carbonyl (C=O) groups is 1. The highest BCUT2D eigenvalue weighted by Gasteiger charge is 2.09. The van der Waals surface area contributed by atoms with Gasteiger partial charge in [0, 0.05) is 25.0 Å². The van der Waals surface area contributed by atoms with Crippen LogP contribution in [0.2, 0.25) is 0 Å². The summed E-state index contributed by atoms with van der Waals surface area (Å²) in [5, 5.41) is 8.84. The first-order valence-corrected chi connectivity index (χ1v) is 10.3. The van der Waals surface area contributed by atoms with Gasteiger partial charge in [-0.15, -0.1) is 11.3 Å². The van der Waals surface area contributed by atoms with Gasteiger partial charge in [0.2, 0.25) is 5.91 Å². The largest absolute Gasteiger partial charge is 0.354 e. The van der Waals surface area contributed by atoms with Crippen molar-refractivity contribution < 1.29 is 4.79 Å². The molecule has 2 N–H and O–H groups in total. The minimum atomic E-state index is -0.00332. The molecule has 7 heteroatoms. The maximum atomic E-state index is 11.8. The first kappa shape index (κ1) is 22.4. The van der Waals surface area contributed by atoms with Gasteiger partial charge in [0.1, 0.15) is 6.54 Å². The lowest BCUT2D eigenvalue weighted by Gasteiger charge is -2.21. The highest BCUT2D eigenvalue weighted by molar-refractivity contribution is 7.09. The highest BCUT2D eigenvalue weighted by Crippen LogP contribution is 2.07. The van der Waals surface area contributed by atoms with Crippen LogP contribution in [-0.4, -0.2) is 68.0 Å². The molecule has 6 nitrogen and oxygen atoms in total. The van der Waals surface area contributed by atoms with Crippen molar-refractivity contribution in [2.75, 3.05) is 40.3 Å². The zero-order valence-corrected chi connectivity index (χ0v) is 17.7. The van der Waals surface area contributed by atoms with Crippen molar-refractivity contribution in [2.45, 2.75) is 46.2 Å². The summed E-state index contributed by atoms with van der Waals surface area (Å²) in [7, 11) is 3.50. The molecule has 1 unspecified atom stereocenters. The normalized spacial score (nSPS) is 12.9. The van der Waals surface area contributed by atoms with E-state index in [0.717, 1.165) is 32.5 Å². The molecular weight excluding hydrogens is 346 g/mol. The number of carbonyl (C=O) groups excluding carboxylic acids is 1. The number of aliphatic imine (C=N–C) groups is 1. The summed E-state index contributed by atoms with van der Waals surface area (Å²) in [5.41, 5.74) is 0. The van der Waals surface area contributed by atoms with E-state index in [1.807, 2.05) is 6.07 Å². The Kier molecular flexibility index (Phi) is 11.0. The maximum Gasteiger partial charge on any atom is 0.243 e. The van der Waals surface area contributed by atoms with Gasteiger partial charge in [0.15, 0.2) is 5.96 Å². The van der Waals surface area contributed by atoms with Crippen LogP contribution in [0.4, 0.5) is 0 Å². The van der Waals surface area contributed by atoms with Gasteiger partial charge in [-0.05, 0) is 50.8 Å². The number of guanidine groups is 1. The Morgan fingerprint density at radius 2 is 2.04 bits per heavy atom. The van der Waals surface area contributed by atoms with E-state index < -0.39 is 0 Å². The Morgan fingerprint density at radius 3 is 2.62 bits per heavy atom. The summed E-state index contributed by atoms with van der Waals surface area (Å²) in [6.07, 6.45) is 2.21. The Bertz CT molecular complexity index is 526.